The van der Waals surface area contributed by atoms with E-state index in [1.54, 1.807) is 54.6 Å². The van der Waals surface area contributed by atoms with Crippen LogP contribution in [0.2, 0.25) is 0 Å². The molecule has 7 rings (SSSR count). The number of alkyl halides is 3. The first kappa shape index (κ1) is 39.5. The van der Waals surface area contributed by atoms with Gasteiger partial charge in [-0.15, -0.1) is 11.3 Å². The number of aliphatic hydroxyl groups excluding tert-OH is 3. The van der Waals surface area contributed by atoms with Crippen molar-refractivity contribution in [1.82, 2.24) is 24.8 Å². The molecule has 0 radical (unpaired) electrons. The fraction of sp³-hybridized carbons (Fsp3) is 0.275. The lowest BCUT2D eigenvalue weighted by Gasteiger charge is -2.16. The summed E-state index contributed by atoms with van der Waals surface area (Å²) < 4.78 is 48.4. The van der Waals surface area contributed by atoms with Crippen LogP contribution in [0.15, 0.2) is 91.5 Å². The summed E-state index contributed by atoms with van der Waals surface area (Å²) >= 11 is 1.10. The van der Waals surface area contributed by atoms with Gasteiger partial charge in [0.15, 0.2) is 29.0 Å². The zero-order valence-corrected chi connectivity index (χ0v) is 31.0. The average molecular weight is 802 g/mol. The lowest BCUT2D eigenvalue weighted by atomic mass is 9.92. The number of nitrogens with zero attached hydrogens (tertiary/aromatic N) is 4. The Balaban J connectivity index is 0.961. The molecule has 6 aromatic rings. The zero-order valence-electron chi connectivity index (χ0n) is 30.2. The van der Waals surface area contributed by atoms with Crippen molar-refractivity contribution in [3.63, 3.8) is 0 Å². The maximum Gasteiger partial charge on any atom is 0.416 e. The molecule has 0 saturated carbocycles. The molecular formula is C40H38F3N7O6S. The Morgan fingerprint density at radius 1 is 0.877 bits per heavy atom. The number of nitrogens with two attached hydrogens (primary N) is 1. The number of nitrogen functional groups attached to an aromatic ring is 1. The largest absolute Gasteiger partial charge is 0.416 e. The minimum Gasteiger partial charge on any atom is -0.394 e. The number of thiophene rings is 1. The van der Waals surface area contributed by atoms with E-state index in [0.717, 1.165) is 36.3 Å². The minimum absolute atomic E-state index is 0.118. The summed E-state index contributed by atoms with van der Waals surface area (Å²) in [6, 6.07) is 19.8. The van der Waals surface area contributed by atoms with E-state index in [-0.39, 0.29) is 22.0 Å². The number of anilines is 2. The number of aromatic nitrogens is 4. The fourth-order valence-corrected chi connectivity index (χ4v) is 7.82. The van der Waals surface area contributed by atoms with Gasteiger partial charge >= 0.3 is 6.18 Å². The molecule has 0 aliphatic carbocycles. The van der Waals surface area contributed by atoms with E-state index in [2.05, 4.69) is 25.6 Å². The number of hydrogen-bond donors (Lipinski definition) is 6. The normalized spacial score (nSPS) is 18.2. The van der Waals surface area contributed by atoms with Crippen molar-refractivity contribution in [3.8, 4) is 21.6 Å². The molecule has 1 fully saturated rings. The molecule has 3 aromatic carbocycles. The molecule has 296 valence electrons. The standard InChI is InChI=1S/C40H38F3N7O6S/c41-40(42,43)26-11-7-10-25(18-26)28-29(31(52)22-8-3-1-4-9-22)35(44)57-34(28)23-12-14-24(15-13-23)38(55)46-17-6-2-5-16-45-36-30-37(48-20-47-36)50(21-49-30)39-33(54)32(53)27(19-51)56-39/h1,3-4,7-15,18,20-21,27,32-33,39,51,53-54H,2,5-6,16-17,19,44H2,(H,46,55)(H,45,47,48)/t27-,32-,33-,39-/m1/s1. The molecule has 13 nitrogen and oxygen atoms in total. The van der Waals surface area contributed by atoms with Crippen molar-refractivity contribution in [2.24, 2.45) is 0 Å². The third-order valence-electron chi connectivity index (χ3n) is 9.67. The van der Waals surface area contributed by atoms with Crippen molar-refractivity contribution in [2.75, 3.05) is 30.7 Å². The summed E-state index contributed by atoms with van der Waals surface area (Å²) in [4.78, 5) is 40.1. The van der Waals surface area contributed by atoms with Crippen molar-refractivity contribution in [2.45, 2.75) is 50.0 Å². The number of amides is 1. The van der Waals surface area contributed by atoms with Gasteiger partial charge < -0.3 is 36.4 Å². The molecule has 3 aromatic heterocycles. The monoisotopic (exact) mass is 801 g/mol. The summed E-state index contributed by atoms with van der Waals surface area (Å²) in [6.07, 6.45) is -4.05. The summed E-state index contributed by atoms with van der Waals surface area (Å²) in [6.45, 7) is 0.516. The molecule has 4 atom stereocenters. The Morgan fingerprint density at radius 2 is 1.63 bits per heavy atom. The second-order valence-electron chi connectivity index (χ2n) is 13.4. The van der Waals surface area contributed by atoms with E-state index in [9.17, 15) is 38.1 Å². The molecule has 1 saturated heterocycles. The predicted molar refractivity (Wildman–Crippen MR) is 207 cm³/mol. The van der Waals surface area contributed by atoms with Crippen LogP contribution < -0.4 is 16.4 Å². The molecule has 7 N–H and O–H groups in total. The van der Waals surface area contributed by atoms with Gasteiger partial charge in [0.2, 0.25) is 0 Å². The van der Waals surface area contributed by atoms with Crippen LogP contribution in [0.25, 0.3) is 32.7 Å². The third-order valence-corrected chi connectivity index (χ3v) is 10.7. The van der Waals surface area contributed by atoms with Gasteiger partial charge in [-0.05, 0) is 54.7 Å². The number of halogens is 3. The van der Waals surface area contributed by atoms with Crippen molar-refractivity contribution in [1.29, 1.82) is 0 Å². The molecule has 0 bridgehead atoms. The number of imidazole rings is 1. The van der Waals surface area contributed by atoms with Crippen molar-refractivity contribution < 1.29 is 42.8 Å². The van der Waals surface area contributed by atoms with Crippen LogP contribution in [0.3, 0.4) is 0 Å². The Bertz CT molecular complexity index is 2370. The first-order chi connectivity index (χ1) is 27.5. The first-order valence-corrected chi connectivity index (χ1v) is 18.9. The number of ether oxygens (including phenoxy) is 1. The number of benzene rings is 3. The number of unbranched alkanes of at least 4 members (excludes halogenated alkanes) is 2. The van der Waals surface area contributed by atoms with Crippen molar-refractivity contribution in [3.05, 3.63) is 114 Å². The van der Waals surface area contributed by atoms with Crippen LogP contribution in [-0.4, -0.2) is 84.5 Å². The number of carbonyl (C=O) groups excluding carboxylic acids is 2. The van der Waals surface area contributed by atoms with Crippen LogP contribution in [0, 0.1) is 0 Å². The van der Waals surface area contributed by atoms with E-state index >= 15 is 0 Å². The number of ketones is 1. The number of hydrogen-bond acceptors (Lipinski definition) is 12. The SMILES string of the molecule is Nc1sc(-c2ccc(C(=O)NCCCCCNc3ncnc4c3ncn4[C@@H]3O[C@H](CO)[C@@H](O)[C@H]3O)cc2)c(-c2cccc(C(F)(F)F)c2)c1C(=O)c1ccccc1. The molecular weight excluding hydrogens is 764 g/mol. The highest BCUT2D eigenvalue weighted by atomic mass is 32.1. The fourth-order valence-electron chi connectivity index (χ4n) is 6.73. The molecule has 0 spiro atoms. The van der Waals surface area contributed by atoms with Gasteiger partial charge in [0.25, 0.3) is 5.91 Å². The van der Waals surface area contributed by atoms with E-state index in [1.165, 1.54) is 29.4 Å². The van der Waals surface area contributed by atoms with Crippen LogP contribution in [-0.2, 0) is 10.9 Å². The highest BCUT2D eigenvalue weighted by Crippen LogP contribution is 2.46. The topological polar surface area (TPSA) is 198 Å². The lowest BCUT2D eigenvalue weighted by Crippen LogP contribution is -2.33. The second kappa shape index (κ2) is 16.8. The smallest absolute Gasteiger partial charge is 0.394 e. The number of aliphatic hydroxyl groups is 3. The molecule has 1 aliphatic heterocycles. The summed E-state index contributed by atoms with van der Waals surface area (Å²) in [5.41, 5.74) is 8.32. The summed E-state index contributed by atoms with van der Waals surface area (Å²) in [7, 11) is 0. The summed E-state index contributed by atoms with van der Waals surface area (Å²) in [5, 5.41) is 36.3. The highest BCUT2D eigenvalue weighted by Gasteiger charge is 2.44. The van der Waals surface area contributed by atoms with Gasteiger partial charge in [0.05, 0.1) is 29.1 Å². The predicted octanol–water partition coefficient (Wildman–Crippen LogP) is 5.68. The zero-order chi connectivity index (χ0) is 40.3. The Hall–Kier alpha value is -5.72. The number of carbonyl (C=O) groups is 2. The number of fused-ring (bicyclic) bond motifs is 1. The van der Waals surface area contributed by atoms with E-state index in [0.29, 0.717) is 63.6 Å². The van der Waals surface area contributed by atoms with Gasteiger partial charge in [-0.1, -0.05) is 54.6 Å². The first-order valence-electron chi connectivity index (χ1n) is 18.1. The quantitative estimate of drug-likeness (QED) is 0.0586. The molecule has 57 heavy (non-hydrogen) atoms. The summed E-state index contributed by atoms with van der Waals surface area (Å²) in [5.74, 6) is -0.227. The lowest BCUT2D eigenvalue weighted by molar-refractivity contribution is -0.137. The maximum atomic E-state index is 13.8. The third kappa shape index (κ3) is 8.24. The van der Waals surface area contributed by atoms with Crippen LogP contribution >= 0.6 is 11.3 Å². The number of nitrogens with one attached hydrogen (secondary N) is 2. The van der Waals surface area contributed by atoms with Gasteiger partial charge in [-0.3, -0.25) is 14.2 Å². The molecule has 1 aliphatic rings. The molecule has 4 heterocycles. The Morgan fingerprint density at radius 3 is 2.35 bits per heavy atom. The molecule has 0 unspecified atom stereocenters. The van der Waals surface area contributed by atoms with Crippen molar-refractivity contribution >= 4 is 45.0 Å². The van der Waals surface area contributed by atoms with Gasteiger partial charge in [-0.25, -0.2) is 15.0 Å². The van der Waals surface area contributed by atoms with E-state index in [4.69, 9.17) is 10.5 Å². The minimum atomic E-state index is -4.60. The Labute approximate surface area is 328 Å². The number of rotatable bonds is 14. The van der Waals surface area contributed by atoms with E-state index < -0.39 is 48.7 Å². The van der Waals surface area contributed by atoms with Crippen LogP contribution in [0.5, 0.6) is 0 Å². The average Bonchev–Trinajstić information content (AvgIpc) is 3.89. The van der Waals surface area contributed by atoms with E-state index in [1.807, 2.05) is 0 Å². The Kier molecular flexibility index (Phi) is 11.6. The molecule has 1 amide bonds. The van der Waals surface area contributed by atoms with Gasteiger partial charge in [-0.2, -0.15) is 13.2 Å². The van der Waals surface area contributed by atoms with Crippen LogP contribution in [0.4, 0.5) is 24.0 Å². The second-order valence-corrected chi connectivity index (χ2v) is 14.5. The van der Waals surface area contributed by atoms with Gasteiger partial charge in [0.1, 0.15) is 24.6 Å². The van der Waals surface area contributed by atoms with Crippen LogP contribution in [0.1, 0.15) is 57.3 Å². The highest BCUT2D eigenvalue weighted by molar-refractivity contribution is 7.20. The maximum absolute atomic E-state index is 13.8. The van der Waals surface area contributed by atoms with Gasteiger partial charge in [0, 0.05) is 34.7 Å². The molecule has 17 heteroatoms.